The van der Waals surface area contributed by atoms with Crippen molar-refractivity contribution in [3.05, 3.63) is 385 Å². The van der Waals surface area contributed by atoms with Gasteiger partial charge in [-0.15, -0.1) is 140 Å². The third-order valence-corrected chi connectivity index (χ3v) is 37.4. The first-order valence-electron chi connectivity index (χ1n) is 49.1. The standard InChI is InChI=1S/C132H122N6.2Ir/c1-121(2)107-57-49-82(71-111(107)125(9,10)129(121,17)18)115-61-53-86(75-133-115)97-39-28-32-43-101(97)90-65-91(102-44-33-29-40-98(102)87-54-62-116(134-76-87)83-50-58-108-112(72-83)126(11,12)130(19,20)122(108,3)4)68-94(67-90)105-47-36-48-106(119(105)96-79-137-120(138-80-96)81-37-26-25-27-38-81)95-69-92(103-45-34-30-41-99(103)88-55-63-117(135-77-88)84-51-59-109-113(73-84)127(13,14)131(21,22)123(109,5)6)66-93(70-95)104-46-35-31-42-100(104)89-56-64-118(136-78-89)85-52-60-110-114(74-85)128(15,16)132(23,24)124(110,7)8;;/h25-36,39-48,53-80H,1-24H3;;/q-6;2*+3. The minimum Gasteiger partial charge on any atom is -0.332 e. The fourth-order valence-electron chi connectivity index (χ4n) is 23.9. The fourth-order valence-corrected chi connectivity index (χ4v) is 23.9. The molecule has 0 radical (unpaired) electrons. The second-order valence-corrected chi connectivity index (χ2v) is 45.9. The molecule has 12 aromatic carbocycles. The molecule has 21 rings (SSSR count). The predicted molar refractivity (Wildman–Crippen MR) is 573 cm³/mol. The number of aromatic nitrogens is 6. The molecule has 0 N–H and O–H groups in total. The molecule has 698 valence electrons. The van der Waals surface area contributed by atoms with Gasteiger partial charge in [-0.2, -0.15) is 0 Å². The minimum absolute atomic E-state index is 0. The van der Waals surface area contributed by atoms with Gasteiger partial charge in [0.15, 0.2) is 0 Å². The number of hydrogen-bond acceptors (Lipinski definition) is 6. The Morgan fingerprint density at radius 1 is 0.186 bits per heavy atom. The summed E-state index contributed by atoms with van der Waals surface area (Å²) in [6, 6.07) is 120. The van der Waals surface area contributed by atoms with E-state index >= 15 is 0 Å². The van der Waals surface area contributed by atoms with Crippen molar-refractivity contribution in [3.8, 4) is 179 Å². The van der Waals surface area contributed by atoms with E-state index in [-0.39, 0.29) is 105 Å². The van der Waals surface area contributed by atoms with E-state index < -0.39 is 0 Å². The largest absolute Gasteiger partial charge is 3.00 e. The van der Waals surface area contributed by atoms with E-state index in [2.05, 4.69) is 476 Å². The van der Waals surface area contributed by atoms with E-state index in [0.29, 0.717) is 11.4 Å². The van der Waals surface area contributed by atoms with Crippen LogP contribution in [0, 0.1) is 58.1 Å². The van der Waals surface area contributed by atoms with E-state index in [4.69, 9.17) is 29.9 Å². The number of hydrogen-bond donors (Lipinski definition) is 0. The number of fused-ring (bicyclic) bond motifs is 4. The maximum atomic E-state index is 5.34. The van der Waals surface area contributed by atoms with E-state index in [1.807, 2.05) is 30.6 Å². The molecule has 140 heavy (non-hydrogen) atoms. The third-order valence-electron chi connectivity index (χ3n) is 37.4. The molecule has 0 saturated carbocycles. The fraction of sp³-hybridized carbons (Fsp3) is 0.273. The Morgan fingerprint density at radius 2 is 0.393 bits per heavy atom. The zero-order chi connectivity index (χ0) is 96.9. The topological polar surface area (TPSA) is 77.3 Å². The van der Waals surface area contributed by atoms with Gasteiger partial charge in [-0.1, -0.05) is 330 Å². The Morgan fingerprint density at radius 3 is 0.621 bits per heavy atom. The van der Waals surface area contributed by atoms with Crippen LogP contribution in [-0.2, 0) is 83.5 Å². The van der Waals surface area contributed by atoms with Gasteiger partial charge in [0.05, 0.1) is 0 Å². The first-order valence-corrected chi connectivity index (χ1v) is 49.1. The summed E-state index contributed by atoms with van der Waals surface area (Å²) in [5.74, 6) is 0.526. The van der Waals surface area contributed by atoms with E-state index in [1.54, 1.807) is 0 Å². The Kier molecular flexibility index (Phi) is 23.6. The predicted octanol–water partition coefficient (Wildman–Crippen LogP) is 33.9. The number of rotatable bonds is 16. The van der Waals surface area contributed by atoms with Crippen LogP contribution in [0.2, 0.25) is 0 Å². The van der Waals surface area contributed by atoms with Gasteiger partial charge < -0.3 is 29.9 Å². The van der Waals surface area contributed by atoms with Crippen LogP contribution in [0.4, 0.5) is 0 Å². The van der Waals surface area contributed by atoms with Crippen molar-refractivity contribution >= 4 is 0 Å². The molecule has 5 aromatic heterocycles. The molecule has 0 unspecified atom stereocenters. The maximum absolute atomic E-state index is 5.34. The van der Waals surface area contributed by atoms with Gasteiger partial charge in [0.1, 0.15) is 0 Å². The number of nitrogens with zero attached hydrogens (tertiary/aromatic N) is 6. The van der Waals surface area contributed by atoms with Crippen molar-refractivity contribution in [2.45, 2.75) is 209 Å². The van der Waals surface area contributed by atoms with Crippen LogP contribution in [0.25, 0.3) is 179 Å². The molecule has 8 heteroatoms. The summed E-state index contributed by atoms with van der Waals surface area (Å²) in [5, 5.41) is 0. The average molecular weight is 2180 g/mol. The quantitative estimate of drug-likeness (QED) is 0.0897. The summed E-state index contributed by atoms with van der Waals surface area (Å²) in [5.41, 5.74) is 40.8. The number of pyridine rings is 4. The average Bonchev–Trinajstić information content (AvgIpc) is 1.55. The van der Waals surface area contributed by atoms with Crippen molar-refractivity contribution in [3.63, 3.8) is 0 Å². The molecule has 0 amide bonds. The molecule has 0 bridgehead atoms. The molecule has 6 nitrogen and oxygen atoms in total. The summed E-state index contributed by atoms with van der Waals surface area (Å²) in [7, 11) is 0. The molecule has 0 aliphatic heterocycles. The Hall–Kier alpha value is -12.4. The van der Waals surface area contributed by atoms with Crippen molar-refractivity contribution in [2.75, 3.05) is 0 Å². The van der Waals surface area contributed by atoms with Crippen LogP contribution in [-0.4, -0.2) is 29.9 Å². The Labute approximate surface area is 858 Å². The molecule has 0 atom stereocenters. The molecule has 0 saturated heterocycles. The molecule has 17 aromatic rings. The van der Waals surface area contributed by atoms with Crippen molar-refractivity contribution in [1.82, 2.24) is 29.9 Å². The van der Waals surface area contributed by atoms with E-state index in [1.165, 1.54) is 44.5 Å². The summed E-state index contributed by atoms with van der Waals surface area (Å²) in [4.78, 5) is 31.9. The van der Waals surface area contributed by atoms with Gasteiger partial charge in [-0.3, -0.25) is 12.1 Å². The molecular weight excluding hydrogens is 2050 g/mol. The first kappa shape index (κ1) is 96.5. The summed E-state index contributed by atoms with van der Waals surface area (Å²) >= 11 is 0. The maximum Gasteiger partial charge on any atom is 3.00 e. The second kappa shape index (κ2) is 34.2. The second-order valence-electron chi connectivity index (χ2n) is 45.9. The molecule has 4 aliphatic carbocycles. The van der Waals surface area contributed by atoms with Crippen LogP contribution in [0.5, 0.6) is 0 Å². The van der Waals surface area contributed by atoms with E-state index in [9.17, 15) is 0 Å². The van der Waals surface area contributed by atoms with Crippen LogP contribution >= 0.6 is 0 Å². The Bertz CT molecular complexity index is 6950. The molecule has 0 spiro atoms. The zero-order valence-corrected chi connectivity index (χ0v) is 90.0. The summed E-state index contributed by atoms with van der Waals surface area (Å²) in [6.45, 7) is 57.5. The van der Waals surface area contributed by atoms with Crippen LogP contribution in [0.3, 0.4) is 0 Å². The molecular formula is C132H122Ir2N6. The van der Waals surface area contributed by atoms with Crippen molar-refractivity contribution in [2.24, 2.45) is 21.7 Å². The van der Waals surface area contributed by atoms with E-state index in [0.717, 1.165) is 167 Å². The van der Waals surface area contributed by atoms with Crippen LogP contribution in [0.15, 0.2) is 304 Å². The number of benzene rings is 12. The SMILES string of the molecule is CC1(C)c2c[c-]c(-c3ccc(-c4ccccc4-c4cc(-c5ccccc5-c5ccc(-c6[c-]cc7c(c6)C(C)(C)C(C)(C)C7(C)C)nc5)cc(-c5cccc(-c6cc(-c7ccccc7-c7ccc(-c8[c-]cc9c(c8)C(C)(C)C(C)(C)C9(C)C)nc7)cc(-c7ccccc7-c7ccc(-c8[c-]cc9c(c8)C(C)(C)C(C)(C)C9(C)C)nc7)c6)c5-c5cnc(-c6[c-]ccc[c-]6)nc5)c4)cn3)cc2C(C)(C)C1(C)C.[Ir+3].[Ir+3]. The van der Waals surface area contributed by atoms with Gasteiger partial charge in [0.2, 0.25) is 0 Å². The van der Waals surface area contributed by atoms with Gasteiger partial charge in [0, 0.05) is 48.3 Å². The van der Waals surface area contributed by atoms with Gasteiger partial charge in [0.25, 0.3) is 0 Å². The summed E-state index contributed by atoms with van der Waals surface area (Å²) < 4.78 is 0. The normalized spacial score (nSPS) is 17.4. The Balaban J connectivity index is 0.00000624. The van der Waals surface area contributed by atoms with Crippen molar-refractivity contribution < 1.29 is 40.2 Å². The molecule has 0 fully saturated rings. The monoisotopic (exact) mass is 2180 g/mol. The van der Waals surface area contributed by atoms with Crippen LogP contribution in [0.1, 0.15) is 211 Å². The molecule has 5 heterocycles. The van der Waals surface area contributed by atoms with Gasteiger partial charge >= 0.3 is 40.2 Å². The first-order chi connectivity index (χ1) is 65.5. The van der Waals surface area contributed by atoms with Crippen LogP contribution < -0.4 is 0 Å². The summed E-state index contributed by atoms with van der Waals surface area (Å²) in [6.07, 6.45) is 12.2. The smallest absolute Gasteiger partial charge is 0.332 e. The molecule has 4 aliphatic rings. The van der Waals surface area contributed by atoms with Crippen molar-refractivity contribution in [1.29, 1.82) is 0 Å². The van der Waals surface area contributed by atoms with Gasteiger partial charge in [-0.25, -0.2) is 23.8 Å². The third kappa shape index (κ3) is 14.8. The minimum atomic E-state index is -0.0788. The zero-order valence-electron chi connectivity index (χ0n) is 85.2. The van der Waals surface area contributed by atoms with Gasteiger partial charge in [-0.05, 0) is 241 Å².